The molecule has 0 fully saturated rings. The summed E-state index contributed by atoms with van der Waals surface area (Å²) < 4.78 is 14.0. The average Bonchev–Trinajstić information content (AvgIpc) is 2.43. The lowest BCUT2D eigenvalue weighted by Crippen LogP contribution is -2.27. The number of halogens is 2. The first-order valence-electron chi connectivity index (χ1n) is 6.77. The standard InChI is InChI=1S/C17H19BrFN/c1-12-3-4-15(10-17(12)18)11-20-13(2)9-14-5-7-16(19)8-6-14/h3-8,10,13,20H,9,11H2,1-2H3. The van der Waals surface area contributed by atoms with Crippen molar-refractivity contribution >= 4 is 15.9 Å². The van der Waals surface area contributed by atoms with Crippen molar-refractivity contribution in [3.05, 3.63) is 69.4 Å². The Hall–Kier alpha value is -1.19. The lowest BCUT2D eigenvalue weighted by Gasteiger charge is -2.14. The van der Waals surface area contributed by atoms with E-state index in [1.807, 2.05) is 12.1 Å². The van der Waals surface area contributed by atoms with E-state index in [0.717, 1.165) is 23.0 Å². The van der Waals surface area contributed by atoms with Crippen LogP contribution in [0.5, 0.6) is 0 Å². The van der Waals surface area contributed by atoms with E-state index in [2.05, 4.69) is 53.3 Å². The predicted molar refractivity (Wildman–Crippen MR) is 85.3 cm³/mol. The van der Waals surface area contributed by atoms with Crippen molar-refractivity contribution < 1.29 is 4.39 Å². The number of rotatable bonds is 5. The molecule has 1 unspecified atom stereocenters. The van der Waals surface area contributed by atoms with Crippen molar-refractivity contribution in [1.29, 1.82) is 0 Å². The molecule has 0 spiro atoms. The van der Waals surface area contributed by atoms with Gasteiger partial charge in [-0.3, -0.25) is 0 Å². The van der Waals surface area contributed by atoms with Crippen LogP contribution in [0.4, 0.5) is 4.39 Å². The third-order valence-electron chi connectivity index (χ3n) is 3.35. The summed E-state index contributed by atoms with van der Waals surface area (Å²) >= 11 is 3.55. The van der Waals surface area contributed by atoms with E-state index in [0.29, 0.717) is 6.04 Å². The molecule has 106 valence electrons. The Morgan fingerprint density at radius 1 is 1.10 bits per heavy atom. The number of nitrogens with one attached hydrogen (secondary N) is 1. The van der Waals surface area contributed by atoms with Gasteiger partial charge < -0.3 is 5.32 Å². The predicted octanol–water partition coefficient (Wildman–Crippen LogP) is 4.62. The SMILES string of the molecule is Cc1ccc(CNC(C)Cc2ccc(F)cc2)cc1Br. The average molecular weight is 336 g/mol. The van der Waals surface area contributed by atoms with E-state index in [4.69, 9.17) is 0 Å². The number of hydrogen-bond acceptors (Lipinski definition) is 1. The van der Waals surface area contributed by atoms with Crippen molar-refractivity contribution in [2.24, 2.45) is 0 Å². The molecule has 0 bridgehead atoms. The maximum absolute atomic E-state index is 12.8. The van der Waals surface area contributed by atoms with Gasteiger partial charge in [0.2, 0.25) is 0 Å². The third-order valence-corrected chi connectivity index (χ3v) is 4.20. The zero-order chi connectivity index (χ0) is 14.5. The van der Waals surface area contributed by atoms with Crippen molar-refractivity contribution in [2.75, 3.05) is 0 Å². The lowest BCUT2D eigenvalue weighted by atomic mass is 10.1. The highest BCUT2D eigenvalue weighted by Gasteiger charge is 2.04. The molecule has 20 heavy (non-hydrogen) atoms. The lowest BCUT2D eigenvalue weighted by molar-refractivity contribution is 0.544. The van der Waals surface area contributed by atoms with Crippen LogP contribution in [0.3, 0.4) is 0 Å². The van der Waals surface area contributed by atoms with Gasteiger partial charge in [-0.15, -0.1) is 0 Å². The molecule has 1 atom stereocenters. The number of hydrogen-bond donors (Lipinski definition) is 1. The zero-order valence-corrected chi connectivity index (χ0v) is 13.4. The summed E-state index contributed by atoms with van der Waals surface area (Å²) in [4.78, 5) is 0. The Morgan fingerprint density at radius 2 is 1.75 bits per heavy atom. The molecule has 1 N–H and O–H groups in total. The fraction of sp³-hybridized carbons (Fsp3) is 0.294. The summed E-state index contributed by atoms with van der Waals surface area (Å²) in [5, 5.41) is 3.49. The Balaban J connectivity index is 1.86. The first-order valence-corrected chi connectivity index (χ1v) is 7.57. The quantitative estimate of drug-likeness (QED) is 0.840. The van der Waals surface area contributed by atoms with Gasteiger partial charge in [0.15, 0.2) is 0 Å². The minimum absolute atomic E-state index is 0.182. The van der Waals surface area contributed by atoms with Gasteiger partial charge in [0.1, 0.15) is 5.82 Å². The highest BCUT2D eigenvalue weighted by molar-refractivity contribution is 9.10. The molecule has 2 aromatic carbocycles. The van der Waals surface area contributed by atoms with Gasteiger partial charge in [-0.05, 0) is 55.2 Å². The molecule has 0 aliphatic heterocycles. The molecule has 3 heteroatoms. The molecule has 0 aliphatic rings. The van der Waals surface area contributed by atoms with E-state index in [1.54, 1.807) is 0 Å². The Labute approximate surface area is 128 Å². The van der Waals surface area contributed by atoms with Gasteiger partial charge in [0.25, 0.3) is 0 Å². The molecule has 0 aromatic heterocycles. The van der Waals surface area contributed by atoms with Crippen LogP contribution in [0, 0.1) is 12.7 Å². The molecule has 0 saturated carbocycles. The van der Waals surface area contributed by atoms with Crippen molar-refractivity contribution in [3.63, 3.8) is 0 Å². The van der Waals surface area contributed by atoms with Crippen molar-refractivity contribution in [3.8, 4) is 0 Å². The first-order chi connectivity index (χ1) is 9.54. The Kier molecular flexibility index (Phi) is 5.32. The minimum atomic E-state index is -0.182. The molecular weight excluding hydrogens is 317 g/mol. The Bertz CT molecular complexity index is 566. The highest BCUT2D eigenvalue weighted by Crippen LogP contribution is 2.17. The molecule has 0 aliphatic carbocycles. The largest absolute Gasteiger partial charge is 0.310 e. The summed E-state index contributed by atoms with van der Waals surface area (Å²) in [5.74, 6) is -0.182. The molecule has 2 aromatic rings. The van der Waals surface area contributed by atoms with Crippen LogP contribution in [-0.2, 0) is 13.0 Å². The molecule has 2 rings (SSSR count). The summed E-state index contributed by atoms with van der Waals surface area (Å²) in [6.07, 6.45) is 0.896. The fourth-order valence-electron chi connectivity index (χ4n) is 2.08. The molecule has 1 nitrogen and oxygen atoms in total. The molecular formula is C17H19BrFN. The second kappa shape index (κ2) is 7.00. The van der Waals surface area contributed by atoms with E-state index >= 15 is 0 Å². The van der Waals surface area contributed by atoms with E-state index < -0.39 is 0 Å². The van der Waals surface area contributed by atoms with Gasteiger partial charge in [0.05, 0.1) is 0 Å². The van der Waals surface area contributed by atoms with E-state index in [1.165, 1.54) is 23.3 Å². The van der Waals surface area contributed by atoms with Crippen LogP contribution in [-0.4, -0.2) is 6.04 Å². The maximum atomic E-state index is 12.8. The molecule has 0 amide bonds. The van der Waals surface area contributed by atoms with Crippen LogP contribution in [0.25, 0.3) is 0 Å². The van der Waals surface area contributed by atoms with Gasteiger partial charge in [-0.2, -0.15) is 0 Å². The zero-order valence-electron chi connectivity index (χ0n) is 11.8. The van der Waals surface area contributed by atoms with Crippen molar-refractivity contribution in [1.82, 2.24) is 5.32 Å². The third kappa shape index (κ3) is 4.43. The monoisotopic (exact) mass is 335 g/mol. The number of aryl methyl sites for hydroxylation is 1. The summed E-state index contributed by atoms with van der Waals surface area (Å²) in [6.45, 7) is 5.06. The van der Waals surface area contributed by atoms with Crippen LogP contribution in [0.15, 0.2) is 46.9 Å². The Morgan fingerprint density at radius 3 is 2.40 bits per heavy atom. The van der Waals surface area contributed by atoms with E-state index in [-0.39, 0.29) is 5.82 Å². The fourth-order valence-corrected chi connectivity index (χ4v) is 2.51. The second-order valence-electron chi connectivity index (χ2n) is 5.20. The smallest absolute Gasteiger partial charge is 0.123 e. The summed E-state index contributed by atoms with van der Waals surface area (Å²) in [6, 6.07) is 13.5. The first kappa shape index (κ1) is 15.2. The minimum Gasteiger partial charge on any atom is -0.310 e. The molecule has 0 saturated heterocycles. The second-order valence-corrected chi connectivity index (χ2v) is 6.05. The normalized spacial score (nSPS) is 12.4. The summed E-state index contributed by atoms with van der Waals surface area (Å²) in [5.41, 5.74) is 3.65. The van der Waals surface area contributed by atoms with E-state index in [9.17, 15) is 4.39 Å². The highest BCUT2D eigenvalue weighted by atomic mass is 79.9. The van der Waals surface area contributed by atoms with Gasteiger partial charge in [-0.1, -0.05) is 40.2 Å². The maximum Gasteiger partial charge on any atom is 0.123 e. The van der Waals surface area contributed by atoms with Crippen molar-refractivity contribution in [2.45, 2.75) is 32.9 Å². The van der Waals surface area contributed by atoms with Gasteiger partial charge >= 0.3 is 0 Å². The van der Waals surface area contributed by atoms with Crippen LogP contribution in [0.1, 0.15) is 23.6 Å². The van der Waals surface area contributed by atoms with Crippen LogP contribution >= 0.6 is 15.9 Å². The number of benzene rings is 2. The summed E-state index contributed by atoms with van der Waals surface area (Å²) in [7, 11) is 0. The molecule has 0 heterocycles. The van der Waals surface area contributed by atoms with Crippen LogP contribution < -0.4 is 5.32 Å². The molecule has 0 radical (unpaired) electrons. The van der Waals surface area contributed by atoms with Gasteiger partial charge in [-0.25, -0.2) is 4.39 Å². The van der Waals surface area contributed by atoms with Gasteiger partial charge in [0, 0.05) is 17.1 Å². The van der Waals surface area contributed by atoms with Crippen LogP contribution in [0.2, 0.25) is 0 Å². The topological polar surface area (TPSA) is 12.0 Å².